The van der Waals surface area contributed by atoms with E-state index in [0.717, 1.165) is 0 Å². The topological polar surface area (TPSA) is 84.4 Å². The van der Waals surface area contributed by atoms with Crippen molar-refractivity contribution in [3.63, 3.8) is 0 Å². The summed E-state index contributed by atoms with van der Waals surface area (Å²) >= 11 is 0. The second-order valence-corrected chi connectivity index (χ2v) is 4.37. The number of hydrogen-bond acceptors (Lipinski definition) is 4. The number of aliphatic carboxylic acids is 1. The van der Waals surface area contributed by atoms with Crippen LogP contribution in [0.2, 0.25) is 0 Å². The van der Waals surface area contributed by atoms with Crippen molar-refractivity contribution in [2.24, 2.45) is 7.05 Å². The average Bonchev–Trinajstić information content (AvgIpc) is 2.94. The lowest BCUT2D eigenvalue weighted by Gasteiger charge is -2.10. The number of nitrogens with zero attached hydrogens (tertiary/aromatic N) is 2. The van der Waals surface area contributed by atoms with Crippen LogP contribution < -0.4 is 9.88 Å². The summed E-state index contributed by atoms with van der Waals surface area (Å²) in [5, 5.41) is 11.5. The van der Waals surface area contributed by atoms with E-state index in [1.54, 1.807) is 17.1 Å². The summed E-state index contributed by atoms with van der Waals surface area (Å²) in [5.41, 5.74) is 0. The third kappa shape index (κ3) is 2.86. The van der Waals surface area contributed by atoms with E-state index in [1.165, 1.54) is 0 Å². The van der Waals surface area contributed by atoms with Gasteiger partial charge in [0, 0.05) is 0 Å². The number of aromatic nitrogens is 2. The molecule has 1 aliphatic rings. The summed E-state index contributed by atoms with van der Waals surface area (Å²) in [4.78, 5) is 22.4. The predicted molar refractivity (Wildman–Crippen MR) is 59.3 cm³/mol. The first-order chi connectivity index (χ1) is 8.56. The van der Waals surface area contributed by atoms with E-state index in [9.17, 15) is 9.59 Å². The van der Waals surface area contributed by atoms with Crippen LogP contribution in [0.5, 0.6) is 0 Å². The number of esters is 1. The van der Waals surface area contributed by atoms with Crippen molar-refractivity contribution in [3.05, 3.63) is 18.7 Å². The Morgan fingerprint density at radius 2 is 2.22 bits per heavy atom. The highest BCUT2D eigenvalue weighted by molar-refractivity contribution is 5.80. The third-order valence-corrected chi connectivity index (χ3v) is 2.91. The van der Waals surface area contributed by atoms with Gasteiger partial charge in [-0.15, -0.1) is 0 Å². The molecule has 0 amide bonds. The van der Waals surface area contributed by atoms with Gasteiger partial charge >= 0.3 is 11.9 Å². The molecule has 7 nitrogen and oxygen atoms in total. The van der Waals surface area contributed by atoms with Gasteiger partial charge in [0.05, 0.1) is 7.05 Å². The number of carboxylic acids is 1. The second kappa shape index (κ2) is 5.18. The van der Waals surface area contributed by atoms with Crippen molar-refractivity contribution in [2.75, 3.05) is 0 Å². The maximum Gasteiger partial charge on any atom is 0.326 e. The molecule has 2 heterocycles. The van der Waals surface area contributed by atoms with Crippen LogP contribution in [0.4, 0.5) is 0 Å². The number of nitrogens with one attached hydrogen (secondary N) is 1. The molecule has 0 bridgehead atoms. The highest BCUT2D eigenvalue weighted by Crippen LogP contribution is 2.13. The zero-order valence-corrected chi connectivity index (χ0v) is 10.1. The average molecular weight is 254 g/mol. The molecule has 18 heavy (non-hydrogen) atoms. The first-order valence-electron chi connectivity index (χ1n) is 5.73. The maximum absolute atomic E-state index is 11.7. The van der Waals surface area contributed by atoms with Gasteiger partial charge in [-0.3, -0.25) is 14.9 Å². The van der Waals surface area contributed by atoms with E-state index in [2.05, 4.69) is 5.32 Å². The lowest BCUT2D eigenvalue weighted by molar-refractivity contribution is -0.671. The Morgan fingerprint density at radius 1 is 1.50 bits per heavy atom. The largest absolute Gasteiger partial charge is 0.480 e. The molecule has 2 N–H and O–H groups in total. The van der Waals surface area contributed by atoms with Gasteiger partial charge in [-0.05, 0) is 12.8 Å². The number of imidazole rings is 1. The molecule has 1 fully saturated rings. The van der Waals surface area contributed by atoms with Crippen molar-refractivity contribution < 1.29 is 24.0 Å². The third-order valence-electron chi connectivity index (χ3n) is 2.91. The highest BCUT2D eigenvalue weighted by atomic mass is 16.5. The van der Waals surface area contributed by atoms with Crippen LogP contribution in [0.15, 0.2) is 18.7 Å². The minimum absolute atomic E-state index is 0.135. The van der Waals surface area contributed by atoms with E-state index in [4.69, 9.17) is 9.84 Å². The fraction of sp³-hybridized carbons (Fsp3) is 0.545. The van der Waals surface area contributed by atoms with Crippen molar-refractivity contribution in [2.45, 2.75) is 31.7 Å². The lowest BCUT2D eigenvalue weighted by atomic mass is 10.2. The number of aryl methyl sites for hydroxylation is 1. The molecule has 1 aliphatic heterocycles. The molecule has 0 saturated carbocycles. The van der Waals surface area contributed by atoms with Crippen LogP contribution in [0.3, 0.4) is 0 Å². The van der Waals surface area contributed by atoms with Crippen LogP contribution in [0.25, 0.3) is 0 Å². The van der Waals surface area contributed by atoms with E-state index in [-0.39, 0.29) is 6.73 Å². The normalized spacial score (nSPS) is 22.9. The van der Waals surface area contributed by atoms with Gasteiger partial charge in [0.25, 0.3) is 0 Å². The summed E-state index contributed by atoms with van der Waals surface area (Å²) in [6.45, 7) is 0.135. The molecular formula is C11H16N3O4+. The van der Waals surface area contributed by atoms with Crippen LogP contribution in [0.1, 0.15) is 12.8 Å². The number of carboxylic acid groups (broad SMARTS) is 1. The molecule has 1 saturated heterocycles. The van der Waals surface area contributed by atoms with E-state index < -0.39 is 24.0 Å². The van der Waals surface area contributed by atoms with Gasteiger partial charge in [0.2, 0.25) is 13.1 Å². The van der Waals surface area contributed by atoms with Gasteiger partial charge in [-0.25, -0.2) is 9.13 Å². The number of ether oxygens (including phenoxy) is 1. The molecule has 7 heteroatoms. The van der Waals surface area contributed by atoms with Gasteiger partial charge in [0.1, 0.15) is 24.5 Å². The summed E-state index contributed by atoms with van der Waals surface area (Å²) in [5.74, 6) is -1.34. The Balaban J connectivity index is 1.80. The molecular weight excluding hydrogens is 238 g/mol. The molecule has 1 aromatic rings. The van der Waals surface area contributed by atoms with Gasteiger partial charge in [-0.2, -0.15) is 0 Å². The molecule has 2 atom stereocenters. The van der Waals surface area contributed by atoms with Crippen molar-refractivity contribution in [1.29, 1.82) is 0 Å². The Morgan fingerprint density at radius 3 is 2.78 bits per heavy atom. The predicted octanol–water partition coefficient (Wildman–Crippen LogP) is -0.981. The van der Waals surface area contributed by atoms with E-state index in [0.29, 0.717) is 12.8 Å². The zero-order chi connectivity index (χ0) is 13.1. The SMILES string of the molecule is C[n+]1ccn(COC(=O)[C@@H]2CCC(C(=O)O)N2)c1. The summed E-state index contributed by atoms with van der Waals surface area (Å²) in [6, 6.07) is -1.16. The Hall–Kier alpha value is -1.89. The standard InChI is InChI=1S/C11H15N3O4/c1-13-4-5-14(6-13)7-18-11(17)9-3-2-8(12-9)10(15)16/h4-6,8-9,12H,2-3,7H2,1H3/p+1/t8?,9-/m0/s1. The fourth-order valence-electron chi connectivity index (χ4n) is 1.94. The summed E-state index contributed by atoms with van der Waals surface area (Å²) in [6.07, 6.45) is 6.36. The van der Waals surface area contributed by atoms with E-state index in [1.807, 2.05) is 17.8 Å². The smallest absolute Gasteiger partial charge is 0.326 e. The fourth-order valence-corrected chi connectivity index (χ4v) is 1.94. The van der Waals surface area contributed by atoms with Crippen LogP contribution in [-0.4, -0.2) is 33.7 Å². The number of carbonyl (C=O) groups is 2. The monoisotopic (exact) mass is 254 g/mol. The van der Waals surface area contributed by atoms with Gasteiger partial charge < -0.3 is 9.84 Å². The quantitative estimate of drug-likeness (QED) is 0.533. The molecule has 0 aromatic carbocycles. The molecule has 1 aromatic heterocycles. The number of rotatable bonds is 4. The van der Waals surface area contributed by atoms with Gasteiger partial charge in [-0.1, -0.05) is 0 Å². The zero-order valence-electron chi connectivity index (χ0n) is 10.1. The first kappa shape index (κ1) is 12.6. The van der Waals surface area contributed by atoms with Crippen molar-refractivity contribution >= 4 is 11.9 Å². The van der Waals surface area contributed by atoms with Crippen LogP contribution in [-0.2, 0) is 28.1 Å². The molecule has 1 unspecified atom stereocenters. The molecule has 0 radical (unpaired) electrons. The van der Waals surface area contributed by atoms with Crippen LogP contribution >= 0.6 is 0 Å². The van der Waals surface area contributed by atoms with E-state index >= 15 is 0 Å². The minimum atomic E-state index is -0.928. The van der Waals surface area contributed by atoms with Crippen molar-refractivity contribution in [3.8, 4) is 0 Å². The van der Waals surface area contributed by atoms with Crippen LogP contribution in [0, 0.1) is 0 Å². The minimum Gasteiger partial charge on any atom is -0.480 e. The summed E-state index contributed by atoms with van der Waals surface area (Å²) < 4.78 is 8.67. The number of hydrogen-bond donors (Lipinski definition) is 2. The Kier molecular flexibility index (Phi) is 3.61. The lowest BCUT2D eigenvalue weighted by Crippen LogP contribution is -2.40. The second-order valence-electron chi connectivity index (χ2n) is 4.37. The number of carbonyl (C=O) groups excluding carboxylic acids is 1. The van der Waals surface area contributed by atoms with Crippen molar-refractivity contribution in [1.82, 2.24) is 9.88 Å². The maximum atomic E-state index is 11.7. The Labute approximate surface area is 104 Å². The molecule has 98 valence electrons. The first-order valence-corrected chi connectivity index (χ1v) is 5.73. The summed E-state index contributed by atoms with van der Waals surface area (Å²) in [7, 11) is 1.87. The molecule has 2 rings (SSSR count). The Bertz CT molecular complexity index is 457. The molecule has 0 aliphatic carbocycles. The highest BCUT2D eigenvalue weighted by Gasteiger charge is 2.34. The molecule has 0 spiro atoms. The van der Waals surface area contributed by atoms with Gasteiger partial charge in [0.15, 0.2) is 0 Å².